The molecule has 0 aromatic heterocycles. The molecular weight excluding hydrogens is 635 g/mol. The van der Waals surface area contributed by atoms with Crippen LogP contribution < -0.4 is 18.7 Å². The van der Waals surface area contributed by atoms with Crippen LogP contribution in [0.15, 0.2) is 65.6 Å². The van der Waals surface area contributed by atoms with Gasteiger partial charge in [0.15, 0.2) is 5.75 Å². The summed E-state index contributed by atoms with van der Waals surface area (Å²) in [6.45, 7) is -2.64. The zero-order valence-electron chi connectivity index (χ0n) is 23.1. The Morgan fingerprint density at radius 1 is 1.07 bits per heavy atom. The third kappa shape index (κ3) is 6.50. The van der Waals surface area contributed by atoms with E-state index in [1.807, 2.05) is 0 Å². The van der Waals surface area contributed by atoms with Crippen molar-refractivity contribution in [2.24, 2.45) is 0 Å². The Balaban J connectivity index is 1.46. The maximum Gasteiger partial charge on any atom is 0.416 e. The largest absolute Gasteiger partial charge is 0.486 e. The van der Waals surface area contributed by atoms with Gasteiger partial charge in [-0.15, -0.1) is 0 Å². The molecule has 3 aromatic carbocycles. The monoisotopic (exact) mass is 660 g/mol. The minimum absolute atomic E-state index is 0.0662. The number of esters is 1. The van der Waals surface area contributed by atoms with Gasteiger partial charge in [0.1, 0.15) is 11.9 Å². The number of nitrogens with zero attached hydrogens (tertiary/aromatic N) is 2. The first kappa shape index (κ1) is 31.6. The molecule has 0 bridgehead atoms. The van der Waals surface area contributed by atoms with Crippen LogP contribution in [0.25, 0.3) is 0 Å². The van der Waals surface area contributed by atoms with Gasteiger partial charge in [-0.05, 0) is 54.4 Å². The molecule has 0 saturated carbocycles. The summed E-state index contributed by atoms with van der Waals surface area (Å²) in [7, 11) is -3.31. The number of anilines is 2. The number of carbonyl (C=O) groups excluding carboxylic acids is 1. The molecule has 8 nitrogen and oxygen atoms in total. The first-order valence-corrected chi connectivity index (χ1v) is 15.2. The number of fused-ring (bicyclic) bond motifs is 1. The number of hydrogen-bond donors (Lipinski definition) is 0. The van der Waals surface area contributed by atoms with Crippen LogP contribution in [0.2, 0.25) is 5.02 Å². The molecule has 0 radical (unpaired) electrons. The molecule has 5 rings (SSSR count). The summed E-state index contributed by atoms with van der Waals surface area (Å²) in [5.74, 6) is -0.621. The van der Waals surface area contributed by atoms with Crippen molar-refractivity contribution in [3.05, 3.63) is 76.8 Å². The molecular formula is C29H26ClF5N2O6S. The average molecular weight is 661 g/mol. The molecule has 2 aliphatic rings. The van der Waals surface area contributed by atoms with Gasteiger partial charge in [0.05, 0.1) is 40.5 Å². The van der Waals surface area contributed by atoms with Crippen LogP contribution in [-0.2, 0) is 25.7 Å². The van der Waals surface area contributed by atoms with Crippen LogP contribution in [0.5, 0.6) is 11.5 Å². The average Bonchev–Trinajstić information content (AvgIpc) is 2.95. The number of alkyl halides is 5. The zero-order chi connectivity index (χ0) is 31.8. The van der Waals surface area contributed by atoms with Gasteiger partial charge in [-0.25, -0.2) is 8.42 Å². The van der Waals surface area contributed by atoms with E-state index in [2.05, 4.69) is 9.47 Å². The summed E-state index contributed by atoms with van der Waals surface area (Å²) in [5, 5.41) is 0.219. The van der Waals surface area contributed by atoms with Crippen LogP contribution in [0.4, 0.5) is 33.3 Å². The zero-order valence-corrected chi connectivity index (χ0v) is 24.6. The van der Waals surface area contributed by atoms with E-state index in [1.165, 1.54) is 19.2 Å². The predicted molar refractivity (Wildman–Crippen MR) is 151 cm³/mol. The summed E-state index contributed by atoms with van der Waals surface area (Å²) >= 11 is 6.29. The molecule has 0 N–H and O–H groups in total. The molecule has 0 aliphatic carbocycles. The fourth-order valence-electron chi connectivity index (χ4n) is 5.17. The first-order valence-electron chi connectivity index (χ1n) is 13.3. The number of para-hydroxylation sites is 1. The van der Waals surface area contributed by atoms with Crippen LogP contribution >= 0.6 is 11.6 Å². The van der Waals surface area contributed by atoms with E-state index in [0.717, 1.165) is 22.5 Å². The van der Waals surface area contributed by atoms with Crippen LogP contribution in [0, 0.1) is 0 Å². The Labute approximate surface area is 254 Å². The fourth-order valence-corrected chi connectivity index (χ4v) is 7.00. The summed E-state index contributed by atoms with van der Waals surface area (Å²) in [6.07, 6.45) is -5.52. The van der Waals surface area contributed by atoms with Crippen LogP contribution in [-0.4, -0.2) is 53.8 Å². The normalized spacial score (nSPS) is 17.1. The van der Waals surface area contributed by atoms with E-state index in [4.69, 9.17) is 16.3 Å². The third-order valence-corrected chi connectivity index (χ3v) is 9.48. The van der Waals surface area contributed by atoms with Gasteiger partial charge in [0.25, 0.3) is 10.0 Å². The number of rotatable bonds is 9. The molecule has 44 heavy (non-hydrogen) atoms. The number of halogens is 6. The van der Waals surface area contributed by atoms with Crippen LogP contribution in [0.3, 0.4) is 0 Å². The SMILES string of the molecule is COC(=O)CC[C@H]1CN(S(=O)(=O)c2cccc(C(F)(F)F)c2)c2cc(C3CN(c4c(Cl)cccc4OC(F)F)C3)ccc2O1. The highest BCUT2D eigenvalue weighted by atomic mass is 35.5. The molecule has 2 aliphatic heterocycles. The molecule has 0 unspecified atom stereocenters. The minimum Gasteiger partial charge on any atom is -0.486 e. The highest BCUT2D eigenvalue weighted by Gasteiger charge is 2.39. The van der Waals surface area contributed by atoms with E-state index in [-0.39, 0.29) is 47.5 Å². The molecule has 0 spiro atoms. The molecule has 236 valence electrons. The Morgan fingerprint density at radius 3 is 2.48 bits per heavy atom. The second-order valence-electron chi connectivity index (χ2n) is 10.2. The smallest absolute Gasteiger partial charge is 0.416 e. The second kappa shape index (κ2) is 12.3. The van der Waals surface area contributed by atoms with Crippen LogP contribution in [0.1, 0.15) is 29.9 Å². The van der Waals surface area contributed by atoms with Crippen molar-refractivity contribution in [2.45, 2.75) is 42.5 Å². The van der Waals surface area contributed by atoms with Crippen molar-refractivity contribution in [1.29, 1.82) is 0 Å². The van der Waals surface area contributed by atoms with Gasteiger partial charge in [-0.1, -0.05) is 29.8 Å². The van der Waals surface area contributed by atoms with Gasteiger partial charge in [0.2, 0.25) is 0 Å². The van der Waals surface area contributed by atoms with E-state index >= 15 is 0 Å². The number of sulfonamides is 1. The number of benzene rings is 3. The summed E-state index contributed by atoms with van der Waals surface area (Å²) in [5.41, 5.74) is -0.0158. The van der Waals surface area contributed by atoms with Crippen molar-refractivity contribution < 1.29 is 49.4 Å². The fraction of sp³-hybridized carbons (Fsp3) is 0.345. The Morgan fingerprint density at radius 2 is 1.80 bits per heavy atom. The van der Waals surface area contributed by atoms with Crippen molar-refractivity contribution >= 4 is 39.0 Å². The molecule has 0 amide bonds. The van der Waals surface area contributed by atoms with E-state index < -0.39 is 45.3 Å². The van der Waals surface area contributed by atoms with E-state index in [0.29, 0.717) is 30.4 Å². The van der Waals surface area contributed by atoms with Gasteiger partial charge in [0, 0.05) is 25.4 Å². The number of methoxy groups -OCH3 is 1. The molecule has 3 aromatic rings. The topological polar surface area (TPSA) is 85.4 Å². The lowest BCUT2D eigenvalue weighted by molar-refractivity contribution is -0.141. The van der Waals surface area contributed by atoms with E-state index in [1.54, 1.807) is 29.2 Å². The van der Waals surface area contributed by atoms with Gasteiger partial charge >= 0.3 is 18.8 Å². The first-order chi connectivity index (χ1) is 20.8. The molecule has 1 fully saturated rings. The standard InChI is InChI=1S/C29H26ClF5N2O6S/c1-41-26(38)11-9-20-16-37(44(39,40)21-5-2-4-19(13-21)29(33,34)35)23-12-17(8-10-24(23)42-20)18-14-36(15-18)27-22(30)6-3-7-25(27)43-28(31)32/h2-8,10,12-13,18,20,28H,9,11,14-16H2,1H3/t20-/m0/s1. The minimum atomic E-state index is -4.76. The Kier molecular flexibility index (Phi) is 8.85. The van der Waals surface area contributed by atoms with Crippen molar-refractivity contribution in [3.8, 4) is 11.5 Å². The van der Waals surface area contributed by atoms with Gasteiger partial charge in [-0.2, -0.15) is 22.0 Å². The number of ether oxygens (including phenoxy) is 3. The molecule has 2 heterocycles. The highest BCUT2D eigenvalue weighted by Crippen LogP contribution is 2.45. The maximum absolute atomic E-state index is 13.8. The lowest BCUT2D eigenvalue weighted by Gasteiger charge is -2.43. The molecule has 1 atom stereocenters. The van der Waals surface area contributed by atoms with E-state index in [9.17, 15) is 35.2 Å². The number of hydrogen-bond acceptors (Lipinski definition) is 7. The quantitative estimate of drug-likeness (QED) is 0.192. The van der Waals surface area contributed by atoms with Gasteiger partial charge < -0.3 is 19.1 Å². The summed E-state index contributed by atoms with van der Waals surface area (Å²) in [6, 6.07) is 12.7. The molecule has 1 saturated heterocycles. The molecule has 15 heteroatoms. The number of carbonyl (C=O) groups is 1. The highest BCUT2D eigenvalue weighted by molar-refractivity contribution is 7.92. The maximum atomic E-state index is 13.8. The van der Waals surface area contributed by atoms with Crippen molar-refractivity contribution in [3.63, 3.8) is 0 Å². The van der Waals surface area contributed by atoms with Crippen molar-refractivity contribution in [1.82, 2.24) is 0 Å². The Hall–Kier alpha value is -3.78. The Bertz CT molecular complexity index is 1650. The predicted octanol–water partition coefficient (Wildman–Crippen LogP) is 6.47. The lowest BCUT2D eigenvalue weighted by Crippen LogP contribution is -2.46. The summed E-state index contributed by atoms with van der Waals surface area (Å²) in [4.78, 5) is 12.9. The van der Waals surface area contributed by atoms with Crippen molar-refractivity contribution in [2.75, 3.05) is 35.9 Å². The summed E-state index contributed by atoms with van der Waals surface area (Å²) < 4.78 is 110. The van der Waals surface area contributed by atoms with Gasteiger partial charge in [-0.3, -0.25) is 9.10 Å². The lowest BCUT2D eigenvalue weighted by atomic mass is 9.90. The third-order valence-electron chi connectivity index (χ3n) is 7.40. The second-order valence-corrected chi connectivity index (χ2v) is 12.5.